The van der Waals surface area contributed by atoms with Crippen LogP contribution in [-0.4, -0.2) is 58.1 Å². The molecular formula is C24H32N2O5S. The molecule has 0 saturated carbocycles. The molecule has 1 aliphatic rings. The van der Waals surface area contributed by atoms with Crippen LogP contribution in [0.1, 0.15) is 42.3 Å². The standard InChI is InChI=1S/C24H32N2O5S/c1-18-9-10-19(17-22(18)32(28,29)26-12-15-30-16-13-26)23(27)25-11-14-31-21-8-6-5-7-20(21)24(2,3)4/h5-10,17H,11-16H2,1-4H3,(H,25,27). The van der Waals surface area contributed by atoms with Crippen LogP contribution in [0.25, 0.3) is 0 Å². The monoisotopic (exact) mass is 460 g/mol. The molecule has 8 heteroatoms. The van der Waals surface area contributed by atoms with E-state index in [1.165, 1.54) is 10.4 Å². The summed E-state index contributed by atoms with van der Waals surface area (Å²) in [6.45, 7) is 10.1. The molecule has 2 aromatic carbocycles. The zero-order valence-corrected chi connectivity index (χ0v) is 20.0. The highest BCUT2D eigenvalue weighted by atomic mass is 32.2. The van der Waals surface area contributed by atoms with Crippen LogP contribution in [0.5, 0.6) is 5.75 Å². The summed E-state index contributed by atoms with van der Waals surface area (Å²) < 4.78 is 38.6. The third kappa shape index (κ3) is 5.68. The topological polar surface area (TPSA) is 84.9 Å². The van der Waals surface area contributed by atoms with E-state index in [4.69, 9.17) is 9.47 Å². The molecule has 0 aliphatic carbocycles. The van der Waals surface area contributed by atoms with Gasteiger partial charge in [-0.25, -0.2) is 8.42 Å². The zero-order chi connectivity index (χ0) is 23.4. The number of aryl methyl sites for hydroxylation is 1. The molecule has 0 bridgehead atoms. The van der Waals surface area contributed by atoms with Gasteiger partial charge in [-0.3, -0.25) is 4.79 Å². The first-order valence-electron chi connectivity index (χ1n) is 10.8. The van der Waals surface area contributed by atoms with Crippen molar-refractivity contribution in [1.82, 2.24) is 9.62 Å². The van der Waals surface area contributed by atoms with E-state index in [2.05, 4.69) is 26.1 Å². The molecule has 0 atom stereocenters. The van der Waals surface area contributed by atoms with E-state index in [-0.39, 0.29) is 16.2 Å². The van der Waals surface area contributed by atoms with Gasteiger partial charge in [-0.2, -0.15) is 4.31 Å². The first-order chi connectivity index (χ1) is 15.1. The lowest BCUT2D eigenvalue weighted by Gasteiger charge is -2.26. The highest BCUT2D eigenvalue weighted by Gasteiger charge is 2.28. The van der Waals surface area contributed by atoms with Crippen LogP contribution in [0, 0.1) is 6.92 Å². The average Bonchev–Trinajstić information content (AvgIpc) is 2.77. The van der Waals surface area contributed by atoms with Crippen molar-refractivity contribution < 1.29 is 22.7 Å². The fourth-order valence-corrected chi connectivity index (χ4v) is 5.24. The summed E-state index contributed by atoms with van der Waals surface area (Å²) in [4.78, 5) is 12.8. The SMILES string of the molecule is Cc1ccc(C(=O)NCCOc2ccccc2C(C)(C)C)cc1S(=O)(=O)N1CCOCC1. The Hall–Kier alpha value is -2.42. The van der Waals surface area contributed by atoms with Crippen LogP contribution in [0.15, 0.2) is 47.4 Å². The lowest BCUT2D eigenvalue weighted by atomic mass is 9.86. The van der Waals surface area contributed by atoms with Crippen molar-refractivity contribution >= 4 is 15.9 Å². The van der Waals surface area contributed by atoms with E-state index in [0.717, 1.165) is 11.3 Å². The van der Waals surface area contributed by atoms with E-state index in [9.17, 15) is 13.2 Å². The molecule has 174 valence electrons. The number of morpholine rings is 1. The Morgan fingerprint density at radius 2 is 1.81 bits per heavy atom. The molecule has 1 N–H and O–H groups in total. The third-order valence-electron chi connectivity index (χ3n) is 5.38. The molecule has 0 unspecified atom stereocenters. The Morgan fingerprint density at radius 3 is 2.50 bits per heavy atom. The average molecular weight is 461 g/mol. The Labute approximate surface area is 190 Å². The molecule has 3 rings (SSSR count). The summed E-state index contributed by atoms with van der Waals surface area (Å²) in [6.07, 6.45) is 0. The molecule has 0 aromatic heterocycles. The molecule has 1 aliphatic heterocycles. The van der Waals surface area contributed by atoms with Gasteiger partial charge in [-0.1, -0.05) is 45.0 Å². The van der Waals surface area contributed by atoms with Crippen LogP contribution in [0.3, 0.4) is 0 Å². The largest absolute Gasteiger partial charge is 0.491 e. The number of hydrogen-bond acceptors (Lipinski definition) is 5. The molecule has 0 spiro atoms. The molecule has 1 saturated heterocycles. The Bertz CT molecular complexity index is 1050. The second-order valence-electron chi connectivity index (χ2n) is 8.85. The summed E-state index contributed by atoms with van der Waals surface area (Å²) in [5.41, 5.74) is 1.96. The van der Waals surface area contributed by atoms with Gasteiger partial charge in [0.15, 0.2) is 0 Å². The molecule has 32 heavy (non-hydrogen) atoms. The van der Waals surface area contributed by atoms with E-state index >= 15 is 0 Å². The first kappa shape index (κ1) is 24.2. The highest BCUT2D eigenvalue weighted by molar-refractivity contribution is 7.89. The zero-order valence-electron chi connectivity index (χ0n) is 19.2. The second-order valence-corrected chi connectivity index (χ2v) is 10.8. The van der Waals surface area contributed by atoms with Crippen molar-refractivity contribution in [2.24, 2.45) is 0 Å². The molecule has 0 radical (unpaired) electrons. The van der Waals surface area contributed by atoms with Crippen molar-refractivity contribution in [3.05, 3.63) is 59.2 Å². The van der Waals surface area contributed by atoms with Crippen LogP contribution in [-0.2, 0) is 20.2 Å². The quantitative estimate of drug-likeness (QED) is 0.642. The maximum Gasteiger partial charge on any atom is 0.251 e. The maximum atomic E-state index is 13.0. The highest BCUT2D eigenvalue weighted by Crippen LogP contribution is 2.30. The van der Waals surface area contributed by atoms with E-state index in [0.29, 0.717) is 50.6 Å². The molecule has 2 aromatic rings. The molecule has 7 nitrogen and oxygen atoms in total. The van der Waals surface area contributed by atoms with Crippen molar-refractivity contribution in [3.8, 4) is 5.75 Å². The van der Waals surface area contributed by atoms with Gasteiger partial charge in [0.05, 0.1) is 24.7 Å². The van der Waals surface area contributed by atoms with Gasteiger partial charge in [0.1, 0.15) is 12.4 Å². The van der Waals surface area contributed by atoms with Gasteiger partial charge in [0.2, 0.25) is 10.0 Å². The summed E-state index contributed by atoms with van der Waals surface area (Å²) in [5.74, 6) is 0.458. The summed E-state index contributed by atoms with van der Waals surface area (Å²) >= 11 is 0. The summed E-state index contributed by atoms with van der Waals surface area (Å²) in [5, 5.41) is 2.81. The van der Waals surface area contributed by atoms with E-state index < -0.39 is 10.0 Å². The number of ether oxygens (including phenoxy) is 2. The van der Waals surface area contributed by atoms with E-state index in [1.807, 2.05) is 24.3 Å². The van der Waals surface area contributed by atoms with Crippen LogP contribution < -0.4 is 10.1 Å². The Balaban J connectivity index is 1.64. The maximum absolute atomic E-state index is 13.0. The minimum Gasteiger partial charge on any atom is -0.491 e. The number of para-hydroxylation sites is 1. The van der Waals surface area contributed by atoms with Gasteiger partial charge < -0.3 is 14.8 Å². The number of nitrogens with zero attached hydrogens (tertiary/aromatic N) is 1. The number of sulfonamides is 1. The summed E-state index contributed by atoms with van der Waals surface area (Å²) in [7, 11) is -3.68. The third-order valence-corrected chi connectivity index (χ3v) is 7.42. The van der Waals surface area contributed by atoms with E-state index in [1.54, 1.807) is 19.1 Å². The van der Waals surface area contributed by atoms with Crippen LogP contribution >= 0.6 is 0 Å². The number of benzene rings is 2. The van der Waals surface area contributed by atoms with Crippen molar-refractivity contribution in [1.29, 1.82) is 0 Å². The Morgan fingerprint density at radius 1 is 1.12 bits per heavy atom. The minimum absolute atomic E-state index is 0.0515. The first-order valence-corrected chi connectivity index (χ1v) is 12.2. The van der Waals surface area contributed by atoms with Crippen LogP contribution in [0.4, 0.5) is 0 Å². The summed E-state index contributed by atoms with van der Waals surface area (Å²) in [6, 6.07) is 12.6. The van der Waals surface area contributed by atoms with Gasteiger partial charge in [0, 0.05) is 18.7 Å². The number of carbonyl (C=O) groups excluding carboxylic acids is 1. The van der Waals surface area contributed by atoms with Gasteiger partial charge >= 0.3 is 0 Å². The van der Waals surface area contributed by atoms with Crippen molar-refractivity contribution in [2.45, 2.75) is 38.0 Å². The number of amides is 1. The molecule has 1 heterocycles. The molecular weight excluding hydrogens is 428 g/mol. The number of nitrogens with one attached hydrogen (secondary N) is 1. The fraction of sp³-hybridized carbons (Fsp3) is 0.458. The number of hydrogen-bond donors (Lipinski definition) is 1. The molecule has 1 amide bonds. The lowest BCUT2D eigenvalue weighted by molar-refractivity contribution is 0.0730. The predicted octanol–water partition coefficient (Wildman–Crippen LogP) is 3.12. The second kappa shape index (κ2) is 10.0. The minimum atomic E-state index is -3.68. The van der Waals surface area contributed by atoms with Crippen molar-refractivity contribution in [2.75, 3.05) is 39.5 Å². The predicted molar refractivity (Wildman–Crippen MR) is 124 cm³/mol. The lowest BCUT2D eigenvalue weighted by Crippen LogP contribution is -2.41. The van der Waals surface area contributed by atoms with Gasteiger partial charge in [-0.15, -0.1) is 0 Å². The number of carbonyl (C=O) groups is 1. The van der Waals surface area contributed by atoms with Gasteiger partial charge in [-0.05, 0) is 41.7 Å². The van der Waals surface area contributed by atoms with Crippen molar-refractivity contribution in [3.63, 3.8) is 0 Å². The normalized spacial score (nSPS) is 15.4. The number of rotatable bonds is 7. The Kier molecular flexibility index (Phi) is 7.59. The van der Waals surface area contributed by atoms with Crippen LogP contribution in [0.2, 0.25) is 0 Å². The fourth-order valence-electron chi connectivity index (χ4n) is 3.58. The van der Waals surface area contributed by atoms with Gasteiger partial charge in [0.25, 0.3) is 5.91 Å². The molecule has 1 fully saturated rings. The smallest absolute Gasteiger partial charge is 0.251 e.